The number of benzene rings is 1. The second-order valence-corrected chi connectivity index (χ2v) is 5.30. The first-order valence-electron chi connectivity index (χ1n) is 7.05. The first-order chi connectivity index (χ1) is 10.9. The summed E-state index contributed by atoms with van der Waals surface area (Å²) in [6.07, 6.45) is 1.60. The quantitative estimate of drug-likeness (QED) is 0.521. The van der Waals surface area contributed by atoms with E-state index in [1.165, 1.54) is 11.9 Å². The van der Waals surface area contributed by atoms with Crippen molar-refractivity contribution in [2.24, 2.45) is 10.2 Å². The predicted octanol–water partition coefficient (Wildman–Crippen LogP) is 1.44. The average molecular weight is 313 g/mol. The second-order valence-electron chi connectivity index (χ2n) is 5.30. The number of amides is 3. The Kier molecular flexibility index (Phi) is 4.90. The number of carbonyl (C=O) groups is 2. The van der Waals surface area contributed by atoms with Crippen LogP contribution in [-0.2, 0) is 4.79 Å². The van der Waals surface area contributed by atoms with Gasteiger partial charge in [-0.2, -0.15) is 5.10 Å². The highest BCUT2D eigenvalue weighted by Gasteiger charge is 2.31. The van der Waals surface area contributed by atoms with Crippen LogP contribution in [0.25, 0.3) is 0 Å². The van der Waals surface area contributed by atoms with E-state index in [4.69, 9.17) is 0 Å². The molecule has 1 heterocycles. The van der Waals surface area contributed by atoms with Gasteiger partial charge in [0.1, 0.15) is 5.57 Å². The lowest BCUT2D eigenvalue weighted by molar-refractivity contribution is -0.116. The number of nitrogens with zero attached hydrogens (tertiary/aromatic N) is 4. The minimum Gasteiger partial charge on any atom is -0.383 e. The zero-order chi connectivity index (χ0) is 17.0. The van der Waals surface area contributed by atoms with E-state index >= 15 is 0 Å². The highest BCUT2D eigenvalue weighted by molar-refractivity contribution is 6.30. The lowest BCUT2D eigenvalue weighted by Gasteiger charge is -2.26. The van der Waals surface area contributed by atoms with E-state index in [2.05, 4.69) is 15.5 Å². The molecule has 1 aliphatic rings. The molecule has 0 unspecified atom stereocenters. The number of likely N-dealkylation sites (N-methyl/N-ethyl adjacent to an activating group) is 1. The van der Waals surface area contributed by atoms with Gasteiger partial charge in [0.15, 0.2) is 5.84 Å². The van der Waals surface area contributed by atoms with Crippen LogP contribution in [0.2, 0.25) is 0 Å². The number of imide groups is 1. The molecule has 1 aromatic rings. The molecule has 1 N–H and O–H groups in total. The van der Waals surface area contributed by atoms with Crippen LogP contribution >= 0.6 is 0 Å². The van der Waals surface area contributed by atoms with Gasteiger partial charge in [-0.05, 0) is 12.5 Å². The van der Waals surface area contributed by atoms with Gasteiger partial charge in [0, 0.05) is 27.3 Å². The van der Waals surface area contributed by atoms with Crippen LogP contribution in [0.3, 0.4) is 0 Å². The second kappa shape index (κ2) is 6.87. The molecular formula is C16H19N5O2. The maximum Gasteiger partial charge on any atom is 0.329 e. The van der Waals surface area contributed by atoms with Crippen LogP contribution in [0.5, 0.6) is 0 Å². The van der Waals surface area contributed by atoms with Crippen molar-refractivity contribution in [2.75, 3.05) is 21.1 Å². The number of hydrogen-bond donors (Lipinski definition) is 1. The molecule has 7 heteroatoms. The van der Waals surface area contributed by atoms with E-state index in [1.54, 1.807) is 25.2 Å². The molecule has 23 heavy (non-hydrogen) atoms. The van der Waals surface area contributed by atoms with E-state index in [0.29, 0.717) is 5.71 Å². The Morgan fingerprint density at radius 3 is 2.48 bits per heavy atom. The van der Waals surface area contributed by atoms with Gasteiger partial charge in [0.05, 0.1) is 5.71 Å². The van der Waals surface area contributed by atoms with Gasteiger partial charge in [0.25, 0.3) is 5.91 Å². The van der Waals surface area contributed by atoms with Gasteiger partial charge in [0.2, 0.25) is 0 Å². The van der Waals surface area contributed by atoms with Crippen molar-refractivity contribution in [1.29, 1.82) is 0 Å². The van der Waals surface area contributed by atoms with Crippen LogP contribution in [0, 0.1) is 0 Å². The van der Waals surface area contributed by atoms with Gasteiger partial charge < -0.3 is 4.90 Å². The first-order valence-corrected chi connectivity index (χ1v) is 7.05. The van der Waals surface area contributed by atoms with E-state index in [9.17, 15) is 9.59 Å². The Morgan fingerprint density at radius 2 is 1.87 bits per heavy atom. The number of amidine groups is 1. The first kappa shape index (κ1) is 16.4. The summed E-state index contributed by atoms with van der Waals surface area (Å²) < 4.78 is 0. The molecule has 0 aromatic heterocycles. The highest BCUT2D eigenvalue weighted by Crippen LogP contribution is 2.11. The number of hydrogen-bond acceptors (Lipinski definition) is 5. The summed E-state index contributed by atoms with van der Waals surface area (Å²) >= 11 is 0. The molecule has 120 valence electrons. The van der Waals surface area contributed by atoms with E-state index in [1.807, 2.05) is 37.3 Å². The predicted molar refractivity (Wildman–Crippen MR) is 89.2 cm³/mol. The molecule has 0 radical (unpaired) electrons. The third-order valence-electron chi connectivity index (χ3n) is 3.20. The summed E-state index contributed by atoms with van der Waals surface area (Å²) in [5.74, 6) is -0.282. The minimum absolute atomic E-state index is 0.211. The number of rotatable bonds is 3. The highest BCUT2D eigenvalue weighted by atomic mass is 16.2. The molecule has 0 bridgehead atoms. The topological polar surface area (TPSA) is 77.4 Å². The van der Waals surface area contributed by atoms with Crippen molar-refractivity contribution in [3.8, 4) is 0 Å². The summed E-state index contributed by atoms with van der Waals surface area (Å²) in [6, 6.07) is 9.02. The average Bonchev–Trinajstić information content (AvgIpc) is 2.52. The third kappa shape index (κ3) is 3.82. The van der Waals surface area contributed by atoms with Gasteiger partial charge in [-0.1, -0.05) is 30.3 Å². The van der Waals surface area contributed by atoms with E-state index in [0.717, 1.165) is 5.56 Å². The van der Waals surface area contributed by atoms with Gasteiger partial charge in [-0.25, -0.2) is 4.79 Å². The van der Waals surface area contributed by atoms with Crippen molar-refractivity contribution >= 4 is 23.5 Å². The smallest absolute Gasteiger partial charge is 0.329 e. The standard InChI is InChI=1S/C16H19N5O2/c1-11(12-8-6-5-7-9-12)18-19-14-13(10-20(2)3)15(22)17-16(23)21(14)4/h5-10H,1-4H3,(H,17,22,23). The minimum atomic E-state index is -0.530. The largest absolute Gasteiger partial charge is 0.383 e. The zero-order valence-corrected chi connectivity index (χ0v) is 13.6. The summed E-state index contributed by atoms with van der Waals surface area (Å²) in [5.41, 5.74) is 1.89. The number of carbonyl (C=O) groups excluding carboxylic acids is 2. The Labute approximate surface area is 135 Å². The normalized spacial score (nSPS) is 19.3. The zero-order valence-electron chi connectivity index (χ0n) is 13.6. The number of nitrogens with one attached hydrogen (secondary N) is 1. The van der Waals surface area contributed by atoms with Crippen molar-refractivity contribution < 1.29 is 9.59 Å². The maximum absolute atomic E-state index is 12.0. The van der Waals surface area contributed by atoms with E-state index < -0.39 is 11.9 Å². The Hall–Kier alpha value is -2.96. The van der Waals surface area contributed by atoms with Gasteiger partial charge in [-0.15, -0.1) is 5.10 Å². The van der Waals surface area contributed by atoms with Crippen LogP contribution in [0.15, 0.2) is 52.3 Å². The Bertz CT molecular complexity index is 704. The number of urea groups is 1. The molecule has 0 aliphatic carbocycles. The SMILES string of the molecule is CC(=NN=C1C(=CN(C)C)C(=O)NC(=O)N1C)c1ccccc1. The van der Waals surface area contributed by atoms with Crippen LogP contribution in [0.1, 0.15) is 12.5 Å². The molecule has 0 spiro atoms. The molecule has 3 amide bonds. The summed E-state index contributed by atoms with van der Waals surface area (Å²) in [7, 11) is 5.11. The monoisotopic (exact) mass is 313 g/mol. The fraction of sp³-hybridized carbons (Fsp3) is 0.250. The maximum atomic E-state index is 12.0. The van der Waals surface area contributed by atoms with Crippen molar-refractivity contribution in [1.82, 2.24) is 15.1 Å². The Morgan fingerprint density at radius 1 is 1.22 bits per heavy atom. The molecule has 0 saturated carbocycles. The van der Waals surface area contributed by atoms with Crippen LogP contribution in [-0.4, -0.2) is 54.4 Å². The molecule has 1 fully saturated rings. The molecule has 1 saturated heterocycles. The molecule has 1 aliphatic heterocycles. The van der Waals surface area contributed by atoms with Crippen molar-refractivity contribution in [2.45, 2.75) is 6.92 Å². The molecular weight excluding hydrogens is 294 g/mol. The Balaban J connectivity index is 2.42. The third-order valence-corrected chi connectivity index (χ3v) is 3.20. The molecule has 0 atom stereocenters. The van der Waals surface area contributed by atoms with Crippen molar-refractivity contribution in [3.05, 3.63) is 47.7 Å². The lowest BCUT2D eigenvalue weighted by atomic mass is 10.1. The molecule has 2 rings (SSSR count). The fourth-order valence-corrected chi connectivity index (χ4v) is 1.98. The van der Waals surface area contributed by atoms with Crippen LogP contribution < -0.4 is 5.32 Å². The summed E-state index contributed by atoms with van der Waals surface area (Å²) in [6.45, 7) is 1.82. The van der Waals surface area contributed by atoms with Crippen molar-refractivity contribution in [3.63, 3.8) is 0 Å². The summed E-state index contributed by atoms with van der Waals surface area (Å²) in [4.78, 5) is 26.8. The lowest BCUT2D eigenvalue weighted by Crippen LogP contribution is -2.52. The van der Waals surface area contributed by atoms with Crippen LogP contribution in [0.4, 0.5) is 4.79 Å². The fourth-order valence-electron chi connectivity index (χ4n) is 1.98. The molecule has 1 aromatic carbocycles. The summed E-state index contributed by atoms with van der Waals surface area (Å²) in [5, 5.41) is 10.6. The van der Waals surface area contributed by atoms with E-state index in [-0.39, 0.29) is 11.4 Å². The van der Waals surface area contributed by atoms with Gasteiger partial charge >= 0.3 is 6.03 Å². The van der Waals surface area contributed by atoms with Gasteiger partial charge in [-0.3, -0.25) is 15.0 Å². The molecule has 7 nitrogen and oxygen atoms in total.